The number of quaternary nitrogens is 1. The molecule has 0 aliphatic carbocycles. The molecule has 6 rings (SSSR count). The van der Waals surface area contributed by atoms with Crippen molar-refractivity contribution in [1.29, 1.82) is 0 Å². The fourth-order valence-electron chi connectivity index (χ4n) is 4.22. The number of hydrogen-bond acceptors (Lipinski definition) is 4. The Kier molecular flexibility index (Phi) is 4.88. The van der Waals surface area contributed by atoms with Gasteiger partial charge in [-0.1, -0.05) is 66.7 Å². The molecule has 6 aromatic rings. The van der Waals surface area contributed by atoms with E-state index < -0.39 is 5.23 Å². The Labute approximate surface area is 195 Å². The molecule has 8 heteroatoms. The normalized spacial score (nSPS) is 13.2. The highest BCUT2D eigenvalue weighted by atomic mass is 16.8. The van der Waals surface area contributed by atoms with Crippen molar-refractivity contribution in [1.82, 2.24) is 14.1 Å². The molecule has 0 aliphatic rings. The van der Waals surface area contributed by atoms with Crippen LogP contribution in [0.5, 0.6) is 0 Å². The summed E-state index contributed by atoms with van der Waals surface area (Å²) in [6.45, 7) is 0. The predicted octanol–water partition coefficient (Wildman–Crippen LogP) is 3.88. The smallest absolute Gasteiger partial charge is 0.169 e. The quantitative estimate of drug-likeness (QED) is 0.255. The van der Waals surface area contributed by atoms with Crippen molar-refractivity contribution in [3.05, 3.63) is 119 Å². The Morgan fingerprint density at radius 1 is 0.824 bits per heavy atom. The molecule has 4 aromatic carbocycles. The zero-order valence-corrected chi connectivity index (χ0v) is 18.2. The lowest BCUT2D eigenvalue weighted by Crippen LogP contribution is -2.99. The molecule has 3 N–H and O–H groups in total. The van der Waals surface area contributed by atoms with Crippen molar-refractivity contribution in [2.45, 2.75) is 6.42 Å². The molecule has 0 saturated heterocycles. The molecule has 0 fully saturated rings. The van der Waals surface area contributed by atoms with Gasteiger partial charge in [0.05, 0.1) is 17.1 Å². The van der Waals surface area contributed by atoms with Crippen LogP contribution in [-0.4, -0.2) is 25.0 Å². The van der Waals surface area contributed by atoms with E-state index in [2.05, 4.69) is 10.5 Å². The highest BCUT2D eigenvalue weighted by Gasteiger charge is 2.27. The number of hydrazone groups is 1. The highest BCUT2D eigenvalue weighted by molar-refractivity contribution is 6.03. The van der Waals surface area contributed by atoms with Crippen molar-refractivity contribution in [2.24, 2.45) is 5.10 Å². The maximum atomic E-state index is 12.2. The van der Waals surface area contributed by atoms with Crippen LogP contribution in [0.2, 0.25) is 0 Å². The Morgan fingerprint density at radius 2 is 1.41 bits per heavy atom. The third-order valence-electron chi connectivity index (χ3n) is 5.92. The van der Waals surface area contributed by atoms with E-state index in [9.17, 15) is 10.4 Å². The second kappa shape index (κ2) is 8.20. The van der Waals surface area contributed by atoms with Crippen molar-refractivity contribution in [3.8, 4) is 5.69 Å². The number of nitrogens with one attached hydrogen (secondary N) is 2. The first-order chi connectivity index (χ1) is 16.7. The van der Waals surface area contributed by atoms with E-state index in [1.54, 1.807) is 6.07 Å². The molecule has 8 nitrogen and oxygen atoms in total. The second-order valence-electron chi connectivity index (χ2n) is 8.09. The van der Waals surface area contributed by atoms with Gasteiger partial charge in [-0.25, -0.2) is 5.21 Å². The maximum absolute atomic E-state index is 12.2. The van der Waals surface area contributed by atoms with E-state index in [1.807, 2.05) is 111 Å². The van der Waals surface area contributed by atoms with Crippen LogP contribution in [0.15, 0.2) is 108 Å². The minimum atomic E-state index is -0.951. The molecule has 0 amide bonds. The molecule has 0 bridgehead atoms. The van der Waals surface area contributed by atoms with Gasteiger partial charge in [0.25, 0.3) is 0 Å². The fraction of sp³-hybridized carbons (Fsp3) is 0.0385. The molecule has 168 valence electrons. The Balaban J connectivity index is 1.40. The summed E-state index contributed by atoms with van der Waals surface area (Å²) in [6.07, 6.45) is 0.373. The van der Waals surface area contributed by atoms with Crippen LogP contribution in [0, 0.1) is 5.21 Å². The monoisotopic (exact) mass is 450 g/mol. The zero-order valence-electron chi connectivity index (χ0n) is 18.2. The first-order valence-corrected chi connectivity index (χ1v) is 11.0. The zero-order chi connectivity index (χ0) is 23.1. The number of aromatic nitrogens is 3. The second-order valence-corrected chi connectivity index (χ2v) is 8.09. The average molecular weight is 451 g/mol. The van der Waals surface area contributed by atoms with Crippen LogP contribution in [0.1, 0.15) is 11.1 Å². The van der Waals surface area contributed by atoms with Gasteiger partial charge in [0, 0.05) is 18.1 Å². The van der Waals surface area contributed by atoms with Gasteiger partial charge in [-0.15, -0.1) is 9.26 Å². The molecule has 2 aromatic heterocycles. The third kappa shape index (κ3) is 3.52. The lowest BCUT2D eigenvalue weighted by molar-refractivity contribution is -0.991. The van der Waals surface area contributed by atoms with Crippen LogP contribution >= 0.6 is 0 Å². The fourth-order valence-corrected chi connectivity index (χ4v) is 4.22. The Hall–Kier alpha value is -4.37. The molecule has 34 heavy (non-hydrogen) atoms. The largest absolute Gasteiger partial charge is 0.595 e. The Bertz CT molecular complexity index is 1560. The van der Waals surface area contributed by atoms with Gasteiger partial charge in [0.2, 0.25) is 0 Å². The van der Waals surface area contributed by atoms with Gasteiger partial charge < -0.3 is 5.21 Å². The van der Waals surface area contributed by atoms with Crippen LogP contribution < -0.4 is 10.7 Å². The number of fused-ring (bicyclic) bond motifs is 4. The van der Waals surface area contributed by atoms with Gasteiger partial charge in [0.1, 0.15) is 11.0 Å². The standard InChI is InChI=1S/C26H22N6O2/c33-32(34)24-18-26-25(30-29(31(26)30)22-14-8-3-9-15-22)17-20(24)16-23(19-10-4-1-5-11-19)28-27-21-12-6-2-7-13-21/h1-15,17-18,27,32-33H,16H2. The van der Waals surface area contributed by atoms with Crippen LogP contribution in [-0.2, 0) is 6.42 Å². The van der Waals surface area contributed by atoms with Crippen molar-refractivity contribution < 1.29 is 10.4 Å². The van der Waals surface area contributed by atoms with Gasteiger partial charge in [-0.2, -0.15) is 15.1 Å². The molecule has 0 saturated carbocycles. The minimum absolute atomic E-state index is 0.279. The maximum Gasteiger partial charge on any atom is 0.169 e. The summed E-state index contributed by atoms with van der Waals surface area (Å²) in [5.41, 5.74) is 9.54. The first-order valence-electron chi connectivity index (χ1n) is 11.0. The molecule has 0 spiro atoms. The highest BCUT2D eigenvalue weighted by Crippen LogP contribution is 2.30. The van der Waals surface area contributed by atoms with E-state index in [4.69, 9.17) is 0 Å². The number of anilines is 1. The molecule has 0 radical (unpaired) electrons. The number of rotatable bonds is 7. The van der Waals surface area contributed by atoms with Crippen molar-refractivity contribution in [2.75, 3.05) is 5.43 Å². The van der Waals surface area contributed by atoms with E-state index >= 15 is 0 Å². The molecule has 1 atom stereocenters. The van der Waals surface area contributed by atoms with Crippen LogP contribution in [0.25, 0.3) is 16.7 Å². The summed E-state index contributed by atoms with van der Waals surface area (Å²) in [5, 5.41) is 25.9. The van der Waals surface area contributed by atoms with Gasteiger partial charge in [0.15, 0.2) is 5.69 Å². The first kappa shape index (κ1) is 20.3. The number of hydrogen-bond donors (Lipinski definition) is 3. The summed E-state index contributed by atoms with van der Waals surface area (Å²) >= 11 is 0. The average Bonchev–Trinajstić information content (AvgIpc) is 3.56. The summed E-state index contributed by atoms with van der Waals surface area (Å²) in [6, 6.07) is 33.2. The summed E-state index contributed by atoms with van der Waals surface area (Å²) in [4.78, 5) is 2.02. The van der Waals surface area contributed by atoms with E-state index in [-0.39, 0.29) is 5.69 Å². The number of nitrogens with zero attached hydrogens (tertiary/aromatic N) is 4. The lowest BCUT2D eigenvalue weighted by atomic mass is 10.00. The van der Waals surface area contributed by atoms with Gasteiger partial charge >= 0.3 is 0 Å². The van der Waals surface area contributed by atoms with E-state index in [0.29, 0.717) is 12.0 Å². The summed E-state index contributed by atoms with van der Waals surface area (Å²) in [7, 11) is 0. The molecule has 1 unspecified atom stereocenters. The minimum Gasteiger partial charge on any atom is -0.595 e. The van der Waals surface area contributed by atoms with Crippen LogP contribution in [0.4, 0.5) is 11.4 Å². The summed E-state index contributed by atoms with van der Waals surface area (Å²) in [5.74, 6) is 0. The third-order valence-corrected chi connectivity index (χ3v) is 5.92. The van der Waals surface area contributed by atoms with Crippen molar-refractivity contribution >= 4 is 28.1 Å². The number of benzene rings is 4. The van der Waals surface area contributed by atoms with E-state index in [0.717, 1.165) is 33.7 Å². The van der Waals surface area contributed by atoms with Gasteiger partial charge in [-0.3, -0.25) is 5.43 Å². The molecule has 2 heterocycles. The molecule has 0 aliphatic heterocycles. The van der Waals surface area contributed by atoms with Crippen LogP contribution in [0.3, 0.4) is 0 Å². The van der Waals surface area contributed by atoms with E-state index in [1.165, 1.54) is 0 Å². The number of para-hydroxylation sites is 2. The SMILES string of the molecule is [O-][NH+](O)c1cc2c(cc1CC(=NNc1ccccc1)c1ccccc1)n1n(-c3ccccc3)n21. The molecular weight excluding hydrogens is 428 g/mol. The summed E-state index contributed by atoms with van der Waals surface area (Å²) < 4.78 is 3.99. The van der Waals surface area contributed by atoms with Crippen molar-refractivity contribution in [3.63, 3.8) is 0 Å². The molecular formula is C26H22N6O2. The predicted molar refractivity (Wildman–Crippen MR) is 131 cm³/mol. The van der Waals surface area contributed by atoms with Gasteiger partial charge in [-0.05, 0) is 35.9 Å². The topological polar surface area (TPSA) is 85.9 Å². The lowest BCUT2D eigenvalue weighted by Gasteiger charge is -2.17. The Morgan fingerprint density at radius 3 is 2.06 bits per heavy atom.